The van der Waals surface area contributed by atoms with Crippen LogP contribution >= 0.6 is 11.8 Å². The summed E-state index contributed by atoms with van der Waals surface area (Å²) in [6, 6.07) is 17.0. The summed E-state index contributed by atoms with van der Waals surface area (Å²) in [7, 11) is 0. The lowest BCUT2D eigenvalue weighted by molar-refractivity contribution is 0.287. The van der Waals surface area contributed by atoms with Crippen LogP contribution in [0.3, 0.4) is 0 Å². The molecule has 0 aliphatic heterocycles. The molecule has 6 nitrogen and oxygen atoms in total. The number of fused-ring (bicyclic) bond motifs is 1. The maximum absolute atomic E-state index is 13.4. The third-order valence-corrected chi connectivity index (χ3v) is 8.31. The van der Waals surface area contributed by atoms with Crippen LogP contribution in [0.25, 0.3) is 0 Å². The van der Waals surface area contributed by atoms with Crippen molar-refractivity contribution in [3.63, 3.8) is 0 Å². The van der Waals surface area contributed by atoms with E-state index in [1.807, 2.05) is 12.3 Å². The Balaban J connectivity index is 1.51. The highest BCUT2D eigenvalue weighted by Gasteiger charge is 2.23. The van der Waals surface area contributed by atoms with E-state index in [9.17, 15) is 9.18 Å². The van der Waals surface area contributed by atoms with E-state index < -0.39 is 0 Å². The molecule has 0 amide bonds. The standard InChI is InChI=1S/C30H34FN5OS/c1-3-34(4-2)19-25-17-32-28(35(25)18-22-9-6-5-7-10-22)20-36-27-12-8-11-26(27)29(37)33-30(36)38-21-23-13-15-24(31)16-14-23/h5-7,9-10,13-17H,3-4,8,11-12,18-21H2,1-2H3. The predicted octanol–water partition coefficient (Wildman–Crippen LogP) is 5.30. The number of hydrogen-bond donors (Lipinski definition) is 0. The molecule has 0 spiro atoms. The molecule has 38 heavy (non-hydrogen) atoms. The zero-order chi connectivity index (χ0) is 26.5. The summed E-state index contributed by atoms with van der Waals surface area (Å²) in [5.74, 6) is 1.31. The van der Waals surface area contributed by atoms with Gasteiger partial charge >= 0.3 is 0 Å². The number of benzene rings is 2. The Labute approximate surface area is 227 Å². The van der Waals surface area contributed by atoms with Gasteiger partial charge in [0.2, 0.25) is 0 Å². The van der Waals surface area contributed by atoms with E-state index in [0.717, 1.165) is 68.1 Å². The molecule has 4 aromatic rings. The van der Waals surface area contributed by atoms with Gasteiger partial charge in [0.15, 0.2) is 5.16 Å². The van der Waals surface area contributed by atoms with Crippen LogP contribution in [-0.4, -0.2) is 37.1 Å². The fourth-order valence-electron chi connectivity index (χ4n) is 5.07. The zero-order valence-corrected chi connectivity index (χ0v) is 22.9. The summed E-state index contributed by atoms with van der Waals surface area (Å²) >= 11 is 1.52. The molecule has 0 atom stereocenters. The van der Waals surface area contributed by atoms with Gasteiger partial charge in [0, 0.05) is 36.3 Å². The fourth-order valence-corrected chi connectivity index (χ4v) is 6.04. The van der Waals surface area contributed by atoms with E-state index >= 15 is 0 Å². The number of imidazole rings is 1. The number of nitrogens with zero attached hydrogens (tertiary/aromatic N) is 5. The zero-order valence-electron chi connectivity index (χ0n) is 22.1. The lowest BCUT2D eigenvalue weighted by Crippen LogP contribution is -2.25. The number of thioether (sulfide) groups is 1. The van der Waals surface area contributed by atoms with Crippen LogP contribution in [0.2, 0.25) is 0 Å². The number of halogens is 1. The smallest absolute Gasteiger partial charge is 0.277 e. The van der Waals surface area contributed by atoms with Gasteiger partial charge in [-0.3, -0.25) is 9.69 Å². The molecule has 0 radical (unpaired) electrons. The van der Waals surface area contributed by atoms with Crippen molar-refractivity contribution in [2.45, 2.75) is 63.7 Å². The molecule has 1 aliphatic carbocycles. The van der Waals surface area contributed by atoms with Gasteiger partial charge in [-0.1, -0.05) is 68.1 Å². The molecule has 2 aromatic carbocycles. The van der Waals surface area contributed by atoms with Crippen molar-refractivity contribution in [2.75, 3.05) is 13.1 Å². The topological polar surface area (TPSA) is 56.0 Å². The molecule has 2 aromatic heterocycles. The Bertz CT molecular complexity index is 1430. The van der Waals surface area contributed by atoms with E-state index in [-0.39, 0.29) is 11.4 Å². The largest absolute Gasteiger partial charge is 0.325 e. The summed E-state index contributed by atoms with van der Waals surface area (Å²) in [6.07, 6.45) is 4.60. The summed E-state index contributed by atoms with van der Waals surface area (Å²) in [5.41, 5.74) is 5.18. The highest BCUT2D eigenvalue weighted by Crippen LogP contribution is 2.27. The Morgan fingerprint density at radius 3 is 2.45 bits per heavy atom. The molecule has 0 unspecified atom stereocenters. The van der Waals surface area contributed by atoms with Gasteiger partial charge in [0.1, 0.15) is 11.6 Å². The van der Waals surface area contributed by atoms with Gasteiger partial charge in [-0.15, -0.1) is 0 Å². The predicted molar refractivity (Wildman–Crippen MR) is 150 cm³/mol. The number of rotatable bonds is 11. The van der Waals surface area contributed by atoms with Crippen LogP contribution in [0, 0.1) is 5.82 Å². The van der Waals surface area contributed by atoms with Crippen LogP contribution in [-0.2, 0) is 38.2 Å². The molecule has 0 saturated heterocycles. The van der Waals surface area contributed by atoms with Crippen molar-refractivity contribution < 1.29 is 4.39 Å². The molecule has 198 valence electrons. The average molecular weight is 532 g/mol. The maximum atomic E-state index is 13.4. The quantitative estimate of drug-likeness (QED) is 0.194. The lowest BCUT2D eigenvalue weighted by Gasteiger charge is -2.21. The van der Waals surface area contributed by atoms with E-state index in [4.69, 9.17) is 4.98 Å². The van der Waals surface area contributed by atoms with Crippen LogP contribution in [0.5, 0.6) is 0 Å². The monoisotopic (exact) mass is 531 g/mol. The first-order valence-corrected chi connectivity index (χ1v) is 14.3. The second kappa shape index (κ2) is 12.1. The second-order valence-electron chi connectivity index (χ2n) is 9.68. The molecule has 0 saturated carbocycles. The van der Waals surface area contributed by atoms with Crippen molar-refractivity contribution in [1.82, 2.24) is 24.0 Å². The molecule has 0 bridgehead atoms. The second-order valence-corrected chi connectivity index (χ2v) is 10.6. The Morgan fingerprint density at radius 2 is 1.71 bits per heavy atom. The van der Waals surface area contributed by atoms with Gasteiger partial charge in [-0.05, 0) is 55.6 Å². The Morgan fingerprint density at radius 1 is 0.947 bits per heavy atom. The minimum absolute atomic E-state index is 0.120. The van der Waals surface area contributed by atoms with Crippen molar-refractivity contribution in [2.24, 2.45) is 0 Å². The highest BCUT2D eigenvalue weighted by atomic mass is 32.2. The van der Waals surface area contributed by atoms with Crippen molar-refractivity contribution in [3.8, 4) is 0 Å². The Kier molecular flexibility index (Phi) is 8.39. The Hall–Kier alpha value is -3.23. The first-order chi connectivity index (χ1) is 18.6. The van der Waals surface area contributed by atoms with Gasteiger partial charge in [-0.25, -0.2) is 9.37 Å². The third kappa shape index (κ3) is 5.92. The van der Waals surface area contributed by atoms with Crippen LogP contribution in [0.1, 0.15) is 54.2 Å². The van der Waals surface area contributed by atoms with Crippen LogP contribution < -0.4 is 5.56 Å². The van der Waals surface area contributed by atoms with E-state index in [1.165, 1.54) is 35.2 Å². The number of aromatic nitrogens is 4. The van der Waals surface area contributed by atoms with Crippen LogP contribution in [0.15, 0.2) is 70.7 Å². The molecule has 0 fully saturated rings. The van der Waals surface area contributed by atoms with Crippen LogP contribution in [0.4, 0.5) is 4.39 Å². The molecule has 1 aliphatic rings. The average Bonchev–Trinajstić information content (AvgIpc) is 3.57. The summed E-state index contributed by atoms with van der Waals surface area (Å²) in [4.78, 5) is 24.7. The van der Waals surface area contributed by atoms with Gasteiger partial charge in [-0.2, -0.15) is 4.98 Å². The van der Waals surface area contributed by atoms with Crippen molar-refractivity contribution >= 4 is 11.8 Å². The lowest BCUT2D eigenvalue weighted by atomic mass is 10.2. The van der Waals surface area contributed by atoms with E-state index in [2.05, 4.69) is 57.1 Å². The van der Waals surface area contributed by atoms with Gasteiger partial charge in [0.25, 0.3) is 5.56 Å². The summed E-state index contributed by atoms with van der Waals surface area (Å²) in [6.45, 7) is 8.43. The molecule has 2 heterocycles. The normalized spacial score (nSPS) is 12.8. The van der Waals surface area contributed by atoms with E-state index in [0.29, 0.717) is 17.5 Å². The molecular weight excluding hydrogens is 497 g/mol. The third-order valence-electron chi connectivity index (χ3n) is 7.27. The summed E-state index contributed by atoms with van der Waals surface area (Å²) < 4.78 is 17.9. The SMILES string of the molecule is CCN(CC)Cc1cnc(Cn2c(SCc3ccc(F)cc3)nc(=O)c3c2CCC3)n1Cc1ccccc1. The van der Waals surface area contributed by atoms with E-state index in [1.54, 1.807) is 12.1 Å². The van der Waals surface area contributed by atoms with Crippen molar-refractivity contribution in [1.29, 1.82) is 0 Å². The number of hydrogen-bond acceptors (Lipinski definition) is 5. The molecule has 0 N–H and O–H groups in total. The summed E-state index contributed by atoms with van der Waals surface area (Å²) in [5, 5.41) is 0.694. The first kappa shape index (κ1) is 26.4. The molecular formula is C30H34FN5OS. The highest BCUT2D eigenvalue weighted by molar-refractivity contribution is 7.98. The minimum atomic E-state index is -0.253. The van der Waals surface area contributed by atoms with Gasteiger partial charge in [0.05, 0.1) is 12.2 Å². The van der Waals surface area contributed by atoms with Gasteiger partial charge < -0.3 is 9.13 Å². The first-order valence-electron chi connectivity index (χ1n) is 13.3. The fraction of sp³-hybridized carbons (Fsp3) is 0.367. The maximum Gasteiger partial charge on any atom is 0.277 e. The molecule has 5 rings (SSSR count). The minimum Gasteiger partial charge on any atom is -0.325 e. The van der Waals surface area contributed by atoms with Crippen molar-refractivity contribution in [3.05, 3.63) is 111 Å². The molecule has 8 heteroatoms.